The zero-order valence-corrected chi connectivity index (χ0v) is 12.5. The average Bonchev–Trinajstić information content (AvgIpc) is 2.37. The summed E-state index contributed by atoms with van der Waals surface area (Å²) in [5.41, 5.74) is 1.93. The van der Waals surface area contributed by atoms with Crippen LogP contribution >= 0.6 is 27.5 Å². The van der Waals surface area contributed by atoms with Gasteiger partial charge in [0.05, 0.1) is 11.6 Å². The van der Waals surface area contributed by atoms with Crippen molar-refractivity contribution >= 4 is 33.2 Å². The van der Waals surface area contributed by atoms with Crippen molar-refractivity contribution in [3.63, 3.8) is 0 Å². The summed E-state index contributed by atoms with van der Waals surface area (Å²) in [6.45, 7) is 0.867. The van der Waals surface area contributed by atoms with E-state index in [1.807, 2.05) is 23.1 Å². The summed E-state index contributed by atoms with van der Waals surface area (Å²) in [4.78, 5) is 1.99. The van der Waals surface area contributed by atoms with Crippen molar-refractivity contribution in [3.8, 4) is 0 Å². The first kappa shape index (κ1) is 15.0. The molecule has 1 saturated heterocycles. The third-order valence-corrected chi connectivity index (χ3v) is 4.41. The quantitative estimate of drug-likeness (QED) is 0.677. The van der Waals surface area contributed by atoms with Crippen molar-refractivity contribution in [1.82, 2.24) is 0 Å². The van der Waals surface area contributed by atoms with E-state index in [0.717, 1.165) is 15.7 Å². The van der Waals surface area contributed by atoms with Crippen molar-refractivity contribution in [1.29, 1.82) is 0 Å². The smallest absolute Gasteiger partial charge is 0.371 e. The zero-order chi connectivity index (χ0) is 14.0. The Kier molecular flexibility index (Phi) is 4.66. The monoisotopic (exact) mass is 355 g/mol. The minimum absolute atomic E-state index is 0.160. The molecule has 0 atom stereocenters. The maximum atomic E-state index is 12.6. The Balaban J connectivity index is 2.06. The number of rotatable bonds is 2. The minimum Gasteiger partial charge on any atom is -0.371 e. The molecule has 2 rings (SSSR count). The molecule has 1 aliphatic rings. The van der Waals surface area contributed by atoms with Gasteiger partial charge in [-0.3, -0.25) is 0 Å². The molecule has 1 aromatic carbocycles. The third kappa shape index (κ3) is 3.57. The van der Waals surface area contributed by atoms with Crippen LogP contribution in [0.2, 0.25) is 0 Å². The number of piperidine rings is 1. The van der Waals surface area contributed by atoms with Crippen molar-refractivity contribution in [2.75, 3.05) is 18.0 Å². The summed E-state index contributed by atoms with van der Waals surface area (Å²) >= 11 is 9.20. The molecule has 19 heavy (non-hydrogen) atoms. The molecule has 0 radical (unpaired) electrons. The first-order chi connectivity index (χ1) is 8.91. The van der Waals surface area contributed by atoms with E-state index in [9.17, 15) is 13.2 Å². The Hall–Kier alpha value is -0.420. The molecular weight excluding hydrogens is 343 g/mol. The molecule has 1 aliphatic heterocycles. The standard InChI is InChI=1S/C13H14BrClF3N/c14-11-7-9(8-15)1-2-12(11)19-5-3-10(4-6-19)13(16,17)18/h1-2,7,10H,3-6,8H2. The molecule has 6 heteroatoms. The van der Waals surface area contributed by atoms with Crippen LogP contribution in [0.25, 0.3) is 0 Å². The number of nitrogens with zero attached hydrogens (tertiary/aromatic N) is 1. The molecule has 0 unspecified atom stereocenters. The van der Waals surface area contributed by atoms with Gasteiger partial charge in [-0.1, -0.05) is 6.07 Å². The van der Waals surface area contributed by atoms with E-state index in [4.69, 9.17) is 11.6 Å². The van der Waals surface area contributed by atoms with Gasteiger partial charge in [0.2, 0.25) is 0 Å². The van der Waals surface area contributed by atoms with E-state index in [2.05, 4.69) is 15.9 Å². The van der Waals surface area contributed by atoms with Crippen LogP contribution < -0.4 is 4.90 Å². The molecule has 106 valence electrons. The number of halogens is 5. The molecular formula is C13H14BrClF3N. The van der Waals surface area contributed by atoms with E-state index in [-0.39, 0.29) is 12.8 Å². The second-order valence-electron chi connectivity index (χ2n) is 4.72. The second-order valence-corrected chi connectivity index (χ2v) is 5.84. The molecule has 0 spiro atoms. The van der Waals surface area contributed by atoms with E-state index >= 15 is 0 Å². The predicted octanol–water partition coefficient (Wildman–Crippen LogP) is 4.97. The summed E-state index contributed by atoms with van der Waals surface area (Å²) in [7, 11) is 0. The lowest BCUT2D eigenvalue weighted by atomic mass is 9.96. The predicted molar refractivity (Wildman–Crippen MR) is 74.7 cm³/mol. The summed E-state index contributed by atoms with van der Waals surface area (Å²) in [5, 5.41) is 0. The van der Waals surface area contributed by atoms with Crippen LogP contribution in [0.4, 0.5) is 18.9 Å². The molecule has 1 heterocycles. The summed E-state index contributed by atoms with van der Waals surface area (Å²) < 4.78 is 38.7. The van der Waals surface area contributed by atoms with E-state index < -0.39 is 12.1 Å². The van der Waals surface area contributed by atoms with Crippen molar-refractivity contribution in [2.45, 2.75) is 24.9 Å². The van der Waals surface area contributed by atoms with Crippen LogP contribution in [0.1, 0.15) is 18.4 Å². The highest BCUT2D eigenvalue weighted by atomic mass is 79.9. The molecule has 1 aromatic rings. The topological polar surface area (TPSA) is 3.24 Å². The van der Waals surface area contributed by atoms with Gasteiger partial charge in [-0.25, -0.2) is 0 Å². The summed E-state index contributed by atoms with van der Waals surface area (Å²) in [6.07, 6.45) is -3.74. The minimum atomic E-state index is -4.06. The molecule has 0 aliphatic carbocycles. The molecule has 0 bridgehead atoms. The number of hydrogen-bond acceptors (Lipinski definition) is 1. The second kappa shape index (κ2) is 5.92. The number of alkyl halides is 4. The molecule has 0 amide bonds. The van der Waals surface area contributed by atoms with Crippen LogP contribution in [0.5, 0.6) is 0 Å². The number of benzene rings is 1. The van der Waals surface area contributed by atoms with Gasteiger partial charge >= 0.3 is 6.18 Å². The van der Waals surface area contributed by atoms with Gasteiger partial charge < -0.3 is 4.90 Å². The van der Waals surface area contributed by atoms with Gasteiger partial charge in [-0.2, -0.15) is 13.2 Å². The van der Waals surface area contributed by atoms with Crippen molar-refractivity contribution < 1.29 is 13.2 Å². The number of anilines is 1. The van der Waals surface area contributed by atoms with Gasteiger partial charge in [0.1, 0.15) is 0 Å². The van der Waals surface area contributed by atoms with Gasteiger partial charge in [0.25, 0.3) is 0 Å². The van der Waals surface area contributed by atoms with Gasteiger partial charge in [0.15, 0.2) is 0 Å². The van der Waals surface area contributed by atoms with E-state index in [1.54, 1.807) is 0 Å². The van der Waals surface area contributed by atoms with Gasteiger partial charge in [-0.15, -0.1) is 11.6 Å². The lowest BCUT2D eigenvalue weighted by Gasteiger charge is -2.35. The Morgan fingerprint density at radius 3 is 2.37 bits per heavy atom. The lowest BCUT2D eigenvalue weighted by molar-refractivity contribution is -0.179. The SMILES string of the molecule is FC(F)(F)C1CCN(c2ccc(CCl)cc2Br)CC1. The highest BCUT2D eigenvalue weighted by Gasteiger charge is 2.41. The van der Waals surface area contributed by atoms with Crippen molar-refractivity contribution in [3.05, 3.63) is 28.2 Å². The highest BCUT2D eigenvalue weighted by molar-refractivity contribution is 9.10. The van der Waals surface area contributed by atoms with Crippen LogP contribution in [-0.4, -0.2) is 19.3 Å². The van der Waals surface area contributed by atoms with Gasteiger partial charge in [0, 0.05) is 23.4 Å². The maximum absolute atomic E-state index is 12.6. The zero-order valence-electron chi connectivity index (χ0n) is 10.2. The Morgan fingerprint density at radius 1 is 1.26 bits per heavy atom. The van der Waals surface area contributed by atoms with E-state index in [1.165, 1.54) is 0 Å². The molecule has 1 fully saturated rings. The van der Waals surface area contributed by atoms with Crippen LogP contribution in [-0.2, 0) is 5.88 Å². The van der Waals surface area contributed by atoms with Crippen LogP contribution in [0.15, 0.2) is 22.7 Å². The molecule has 0 saturated carbocycles. The third-order valence-electron chi connectivity index (χ3n) is 3.46. The Bertz CT molecular complexity index is 442. The largest absolute Gasteiger partial charge is 0.391 e. The maximum Gasteiger partial charge on any atom is 0.391 e. The highest BCUT2D eigenvalue weighted by Crippen LogP contribution is 2.37. The van der Waals surface area contributed by atoms with Gasteiger partial charge in [-0.05, 0) is 46.5 Å². The molecule has 0 N–H and O–H groups in total. The normalized spacial score (nSPS) is 17.8. The van der Waals surface area contributed by atoms with Crippen molar-refractivity contribution in [2.24, 2.45) is 5.92 Å². The Labute approximate surface area is 123 Å². The summed E-state index contributed by atoms with van der Waals surface area (Å²) in [6, 6.07) is 5.73. The van der Waals surface area contributed by atoms with E-state index in [0.29, 0.717) is 19.0 Å². The summed E-state index contributed by atoms with van der Waals surface area (Å²) in [5.74, 6) is -0.737. The fraction of sp³-hybridized carbons (Fsp3) is 0.538. The lowest BCUT2D eigenvalue weighted by Crippen LogP contribution is -2.39. The molecule has 1 nitrogen and oxygen atoms in total. The first-order valence-corrected chi connectivity index (χ1v) is 7.40. The average molecular weight is 357 g/mol. The van der Waals surface area contributed by atoms with Crippen LogP contribution in [0, 0.1) is 5.92 Å². The fourth-order valence-electron chi connectivity index (χ4n) is 2.34. The number of hydrogen-bond donors (Lipinski definition) is 0. The first-order valence-electron chi connectivity index (χ1n) is 6.08. The fourth-order valence-corrected chi connectivity index (χ4v) is 3.18. The van der Waals surface area contributed by atoms with Crippen LogP contribution in [0.3, 0.4) is 0 Å². The molecule has 0 aromatic heterocycles. The Morgan fingerprint density at radius 2 is 1.89 bits per heavy atom.